The van der Waals surface area contributed by atoms with E-state index in [-0.39, 0.29) is 17.3 Å². The SMILES string of the molecule is Nc1nc2c(OC(F)C(F)(F)F)cccn2n1. The van der Waals surface area contributed by atoms with E-state index in [1.807, 2.05) is 0 Å². The quantitative estimate of drug-likeness (QED) is 0.821. The maximum Gasteiger partial charge on any atom is 0.457 e. The summed E-state index contributed by atoms with van der Waals surface area (Å²) in [5, 5.41) is 3.64. The van der Waals surface area contributed by atoms with Gasteiger partial charge in [0.1, 0.15) is 0 Å². The number of anilines is 1. The summed E-state index contributed by atoms with van der Waals surface area (Å²) < 4.78 is 53.8. The predicted octanol–water partition coefficient (Wildman–Crippen LogP) is 1.55. The van der Waals surface area contributed by atoms with Gasteiger partial charge in [-0.15, -0.1) is 5.10 Å². The summed E-state index contributed by atoms with van der Waals surface area (Å²) in [6, 6.07) is 2.47. The molecule has 17 heavy (non-hydrogen) atoms. The molecule has 0 aliphatic rings. The van der Waals surface area contributed by atoms with Crippen LogP contribution in [0.1, 0.15) is 0 Å². The van der Waals surface area contributed by atoms with E-state index in [1.165, 1.54) is 12.3 Å². The molecule has 0 aliphatic carbocycles. The first-order chi connectivity index (χ1) is 7.88. The smallest absolute Gasteiger partial charge is 0.448 e. The van der Waals surface area contributed by atoms with Gasteiger partial charge in [-0.25, -0.2) is 4.52 Å². The fraction of sp³-hybridized carbons (Fsp3) is 0.250. The van der Waals surface area contributed by atoms with Crippen molar-refractivity contribution in [3.63, 3.8) is 0 Å². The molecule has 0 bridgehead atoms. The van der Waals surface area contributed by atoms with Gasteiger partial charge < -0.3 is 10.5 Å². The van der Waals surface area contributed by atoms with Gasteiger partial charge in [0.05, 0.1) is 0 Å². The Kier molecular flexibility index (Phi) is 2.52. The van der Waals surface area contributed by atoms with Crippen LogP contribution < -0.4 is 10.5 Å². The fourth-order valence-corrected chi connectivity index (χ4v) is 1.17. The van der Waals surface area contributed by atoms with Crippen LogP contribution in [0, 0.1) is 0 Å². The van der Waals surface area contributed by atoms with Gasteiger partial charge in [-0.2, -0.15) is 22.5 Å². The van der Waals surface area contributed by atoms with Gasteiger partial charge in [0.15, 0.2) is 11.4 Å². The number of hydrogen-bond donors (Lipinski definition) is 1. The van der Waals surface area contributed by atoms with E-state index in [0.717, 1.165) is 10.6 Å². The van der Waals surface area contributed by atoms with Gasteiger partial charge in [0, 0.05) is 6.20 Å². The second-order valence-corrected chi connectivity index (χ2v) is 3.09. The summed E-state index contributed by atoms with van der Waals surface area (Å²) >= 11 is 0. The highest BCUT2D eigenvalue weighted by atomic mass is 19.4. The number of alkyl halides is 4. The third-order valence-corrected chi connectivity index (χ3v) is 1.83. The summed E-state index contributed by atoms with van der Waals surface area (Å²) in [7, 11) is 0. The highest BCUT2D eigenvalue weighted by molar-refractivity contribution is 5.54. The molecule has 2 aromatic rings. The Bertz CT molecular complexity index is 538. The summed E-state index contributed by atoms with van der Waals surface area (Å²) in [6.45, 7) is 0. The number of nitrogen functional groups attached to an aromatic ring is 1. The van der Waals surface area contributed by atoms with Crippen molar-refractivity contribution in [3.05, 3.63) is 18.3 Å². The second kappa shape index (κ2) is 3.75. The second-order valence-electron chi connectivity index (χ2n) is 3.09. The predicted molar refractivity (Wildman–Crippen MR) is 49.0 cm³/mol. The third-order valence-electron chi connectivity index (χ3n) is 1.83. The normalized spacial score (nSPS) is 13.9. The Morgan fingerprint density at radius 2 is 2.12 bits per heavy atom. The maximum atomic E-state index is 12.7. The summed E-state index contributed by atoms with van der Waals surface area (Å²) in [5.41, 5.74) is 5.18. The number of nitrogens with zero attached hydrogens (tertiary/aromatic N) is 3. The molecule has 2 N–H and O–H groups in total. The minimum atomic E-state index is -5.10. The van der Waals surface area contributed by atoms with E-state index in [9.17, 15) is 17.6 Å². The first-order valence-electron chi connectivity index (χ1n) is 4.36. The van der Waals surface area contributed by atoms with Crippen LogP contribution in [-0.2, 0) is 0 Å². The molecule has 0 saturated carbocycles. The van der Waals surface area contributed by atoms with E-state index >= 15 is 0 Å². The van der Waals surface area contributed by atoms with E-state index in [0.29, 0.717) is 0 Å². The van der Waals surface area contributed by atoms with E-state index in [4.69, 9.17) is 5.73 Å². The molecule has 0 radical (unpaired) electrons. The minimum Gasteiger partial charge on any atom is -0.448 e. The number of pyridine rings is 1. The molecule has 0 aromatic carbocycles. The van der Waals surface area contributed by atoms with Crippen LogP contribution >= 0.6 is 0 Å². The zero-order chi connectivity index (χ0) is 12.6. The lowest BCUT2D eigenvalue weighted by Gasteiger charge is -2.14. The molecule has 0 saturated heterocycles. The number of halogens is 4. The average Bonchev–Trinajstić information content (AvgIpc) is 2.58. The molecular weight excluding hydrogens is 244 g/mol. The zero-order valence-corrected chi connectivity index (χ0v) is 8.15. The molecule has 92 valence electrons. The van der Waals surface area contributed by atoms with Gasteiger partial charge >= 0.3 is 12.5 Å². The number of rotatable bonds is 2. The van der Waals surface area contributed by atoms with Crippen LogP contribution in [0.15, 0.2) is 18.3 Å². The van der Waals surface area contributed by atoms with Crippen LogP contribution in [-0.4, -0.2) is 27.1 Å². The largest absolute Gasteiger partial charge is 0.457 e. The third kappa shape index (κ3) is 2.22. The molecule has 0 fully saturated rings. The monoisotopic (exact) mass is 250 g/mol. The lowest BCUT2D eigenvalue weighted by atomic mass is 10.4. The van der Waals surface area contributed by atoms with Crippen molar-refractivity contribution in [1.82, 2.24) is 14.6 Å². The first-order valence-corrected chi connectivity index (χ1v) is 4.36. The molecule has 0 amide bonds. The van der Waals surface area contributed by atoms with E-state index in [2.05, 4.69) is 14.8 Å². The Morgan fingerprint density at radius 3 is 2.76 bits per heavy atom. The van der Waals surface area contributed by atoms with Crippen molar-refractivity contribution in [3.8, 4) is 5.75 Å². The van der Waals surface area contributed by atoms with E-state index in [1.54, 1.807) is 0 Å². The average molecular weight is 250 g/mol. The van der Waals surface area contributed by atoms with Gasteiger partial charge in [-0.05, 0) is 12.1 Å². The van der Waals surface area contributed by atoms with Crippen molar-refractivity contribution in [2.75, 3.05) is 5.73 Å². The standard InChI is InChI=1S/C8H6F4N4O/c9-6(8(10,11)12)17-4-2-1-3-16-5(4)14-7(13)15-16/h1-3,6H,(H2,13,15). The summed E-state index contributed by atoms with van der Waals surface area (Å²) in [4.78, 5) is 3.62. The Morgan fingerprint density at radius 1 is 1.41 bits per heavy atom. The molecule has 2 heterocycles. The van der Waals surface area contributed by atoms with Crippen LogP contribution in [0.25, 0.3) is 5.65 Å². The maximum absolute atomic E-state index is 12.7. The highest BCUT2D eigenvalue weighted by Gasteiger charge is 2.42. The van der Waals surface area contributed by atoms with Gasteiger partial charge in [0.25, 0.3) is 0 Å². The number of ether oxygens (including phenoxy) is 1. The van der Waals surface area contributed by atoms with Crippen molar-refractivity contribution >= 4 is 11.6 Å². The molecule has 1 atom stereocenters. The number of fused-ring (bicyclic) bond motifs is 1. The molecule has 5 nitrogen and oxygen atoms in total. The van der Waals surface area contributed by atoms with Crippen LogP contribution in [0.5, 0.6) is 5.75 Å². The van der Waals surface area contributed by atoms with E-state index < -0.39 is 12.5 Å². The van der Waals surface area contributed by atoms with Crippen molar-refractivity contribution in [2.24, 2.45) is 0 Å². The van der Waals surface area contributed by atoms with Crippen molar-refractivity contribution < 1.29 is 22.3 Å². The minimum absolute atomic E-state index is 0.0862. The van der Waals surface area contributed by atoms with Gasteiger partial charge in [-0.1, -0.05) is 0 Å². The molecule has 2 rings (SSSR count). The molecule has 1 unspecified atom stereocenters. The Balaban J connectivity index is 2.36. The molecular formula is C8H6F4N4O. The lowest BCUT2D eigenvalue weighted by molar-refractivity contribution is -0.236. The molecule has 0 aliphatic heterocycles. The van der Waals surface area contributed by atoms with Crippen molar-refractivity contribution in [2.45, 2.75) is 12.5 Å². The Hall–Kier alpha value is -2.06. The summed E-state index contributed by atoms with van der Waals surface area (Å²) in [6.07, 6.45) is -7.13. The van der Waals surface area contributed by atoms with Crippen LogP contribution in [0.2, 0.25) is 0 Å². The number of nitrogens with two attached hydrogens (primary N) is 1. The Labute approximate surface area is 91.8 Å². The van der Waals surface area contributed by atoms with Gasteiger partial charge in [-0.3, -0.25) is 0 Å². The van der Waals surface area contributed by atoms with Crippen molar-refractivity contribution in [1.29, 1.82) is 0 Å². The van der Waals surface area contributed by atoms with Gasteiger partial charge in [0.2, 0.25) is 5.95 Å². The fourth-order valence-electron chi connectivity index (χ4n) is 1.17. The molecule has 2 aromatic heterocycles. The molecule has 9 heteroatoms. The first kappa shape index (κ1) is 11.4. The number of hydrogen-bond acceptors (Lipinski definition) is 4. The zero-order valence-electron chi connectivity index (χ0n) is 8.15. The number of aromatic nitrogens is 3. The highest BCUT2D eigenvalue weighted by Crippen LogP contribution is 2.27. The molecule has 0 spiro atoms. The summed E-state index contributed by atoms with van der Waals surface area (Å²) in [5.74, 6) is -0.537. The lowest BCUT2D eigenvalue weighted by Crippen LogP contribution is -2.30. The van der Waals surface area contributed by atoms with Crippen LogP contribution in [0.3, 0.4) is 0 Å². The van der Waals surface area contributed by atoms with Crippen LogP contribution in [0.4, 0.5) is 23.5 Å². The topological polar surface area (TPSA) is 65.4 Å².